The highest BCUT2D eigenvalue weighted by Crippen LogP contribution is 2.60. The quantitative estimate of drug-likeness (QED) is 0.209. The predicted molar refractivity (Wildman–Crippen MR) is 133 cm³/mol. The number of hydrogen-bond acceptors (Lipinski definition) is 5. The van der Waals surface area contributed by atoms with Gasteiger partial charge in [0.15, 0.2) is 12.4 Å². The number of halogens is 2. The second-order valence-electron chi connectivity index (χ2n) is 9.11. The van der Waals surface area contributed by atoms with Crippen LogP contribution in [0.15, 0.2) is 54.6 Å². The summed E-state index contributed by atoms with van der Waals surface area (Å²) in [5.41, 5.74) is 2.49. The highest BCUT2D eigenvalue weighted by molar-refractivity contribution is 9.12. The molecule has 2 aliphatic carbocycles. The van der Waals surface area contributed by atoms with Crippen LogP contribution in [0.3, 0.4) is 0 Å². The Balaban J connectivity index is 1.12. The fourth-order valence-electron chi connectivity index (χ4n) is 5.61. The number of rotatable bonds is 7. The third kappa shape index (κ3) is 4.05. The SMILES string of the molecule is O=C(CCN1C(=O)[C@@H]2[C@@H]3C[C@H]([C@H](Br)[C@@H]3Br)[C@@H]2C1=O)OCC(=O)c1ccc(-c2ccccc2)cc1. The van der Waals surface area contributed by atoms with Gasteiger partial charge in [0.2, 0.25) is 11.8 Å². The third-order valence-electron chi connectivity index (χ3n) is 7.30. The molecule has 8 heteroatoms. The number of alkyl halides is 2. The van der Waals surface area contributed by atoms with Gasteiger partial charge in [-0.05, 0) is 29.4 Å². The second-order valence-corrected chi connectivity index (χ2v) is 11.2. The lowest BCUT2D eigenvalue weighted by atomic mass is 9.81. The lowest BCUT2D eigenvalue weighted by Gasteiger charge is -2.28. The highest BCUT2D eigenvalue weighted by atomic mass is 79.9. The molecule has 2 saturated carbocycles. The summed E-state index contributed by atoms with van der Waals surface area (Å²) in [6.07, 6.45) is 0.741. The largest absolute Gasteiger partial charge is 0.457 e. The molecule has 2 amide bonds. The number of carbonyl (C=O) groups excluding carboxylic acids is 4. The van der Waals surface area contributed by atoms with Gasteiger partial charge in [0.1, 0.15) is 0 Å². The summed E-state index contributed by atoms with van der Waals surface area (Å²) >= 11 is 7.32. The van der Waals surface area contributed by atoms with Crippen molar-refractivity contribution < 1.29 is 23.9 Å². The number of carbonyl (C=O) groups is 4. The van der Waals surface area contributed by atoms with Gasteiger partial charge < -0.3 is 4.74 Å². The molecular formula is C26H23Br2NO5. The van der Waals surface area contributed by atoms with E-state index < -0.39 is 5.97 Å². The monoisotopic (exact) mass is 587 g/mol. The van der Waals surface area contributed by atoms with Crippen molar-refractivity contribution in [2.45, 2.75) is 22.5 Å². The molecule has 3 fully saturated rings. The molecule has 0 unspecified atom stereocenters. The molecule has 2 aromatic rings. The molecule has 176 valence electrons. The molecule has 1 heterocycles. The summed E-state index contributed by atoms with van der Waals surface area (Å²) in [5.74, 6) is -1.61. The molecule has 34 heavy (non-hydrogen) atoms. The molecule has 0 N–H and O–H groups in total. The maximum Gasteiger partial charge on any atom is 0.308 e. The van der Waals surface area contributed by atoms with Gasteiger partial charge in [-0.3, -0.25) is 24.1 Å². The van der Waals surface area contributed by atoms with Crippen LogP contribution in [0, 0.1) is 23.7 Å². The molecule has 2 bridgehead atoms. The Hall–Kier alpha value is -2.32. The summed E-state index contributed by atoms with van der Waals surface area (Å²) in [4.78, 5) is 52.0. The van der Waals surface area contributed by atoms with Crippen LogP contribution in [-0.4, -0.2) is 51.3 Å². The van der Waals surface area contributed by atoms with E-state index in [-0.39, 0.29) is 70.5 Å². The van der Waals surface area contributed by atoms with Crippen molar-refractivity contribution in [2.24, 2.45) is 23.7 Å². The van der Waals surface area contributed by atoms with Gasteiger partial charge in [-0.15, -0.1) is 0 Å². The van der Waals surface area contributed by atoms with Crippen LogP contribution in [0.1, 0.15) is 23.2 Å². The zero-order valence-corrected chi connectivity index (χ0v) is 21.4. The van der Waals surface area contributed by atoms with Crippen LogP contribution in [0.25, 0.3) is 11.1 Å². The molecule has 3 aliphatic rings. The van der Waals surface area contributed by atoms with E-state index in [0.717, 1.165) is 17.5 Å². The smallest absolute Gasteiger partial charge is 0.308 e. The van der Waals surface area contributed by atoms with Crippen LogP contribution in [0.2, 0.25) is 0 Å². The van der Waals surface area contributed by atoms with Gasteiger partial charge in [0.25, 0.3) is 0 Å². The molecule has 0 spiro atoms. The Morgan fingerprint density at radius 3 is 2.00 bits per heavy atom. The number of benzene rings is 2. The molecule has 6 nitrogen and oxygen atoms in total. The number of imide groups is 1. The van der Waals surface area contributed by atoms with Gasteiger partial charge in [-0.2, -0.15) is 0 Å². The third-order valence-corrected chi connectivity index (χ3v) is 10.5. The van der Waals surface area contributed by atoms with E-state index in [9.17, 15) is 19.2 Å². The fraction of sp³-hybridized carbons (Fsp3) is 0.385. The lowest BCUT2D eigenvalue weighted by Crippen LogP contribution is -2.37. The number of ketones is 1. The molecular weight excluding hydrogens is 566 g/mol. The molecule has 1 aliphatic heterocycles. The maximum absolute atomic E-state index is 12.9. The topological polar surface area (TPSA) is 80.8 Å². The van der Waals surface area contributed by atoms with Crippen LogP contribution >= 0.6 is 31.9 Å². The first kappa shape index (κ1) is 23.4. The highest BCUT2D eigenvalue weighted by Gasteiger charge is 2.66. The van der Waals surface area contributed by atoms with E-state index in [1.54, 1.807) is 12.1 Å². The number of fused-ring (bicyclic) bond motifs is 5. The fourth-order valence-corrected chi connectivity index (χ4v) is 7.49. The first-order valence-electron chi connectivity index (χ1n) is 11.3. The minimum atomic E-state index is -0.605. The normalized spacial score (nSPS) is 29.4. The van der Waals surface area contributed by atoms with Crippen LogP contribution in [-0.2, 0) is 19.1 Å². The summed E-state index contributed by atoms with van der Waals surface area (Å²) in [5, 5.41) is 0. The summed E-state index contributed by atoms with van der Waals surface area (Å²) in [7, 11) is 0. The van der Waals surface area contributed by atoms with E-state index in [1.807, 2.05) is 42.5 Å². The second kappa shape index (κ2) is 9.38. The Morgan fingerprint density at radius 2 is 1.41 bits per heavy atom. The first-order valence-corrected chi connectivity index (χ1v) is 13.2. The van der Waals surface area contributed by atoms with Crippen LogP contribution < -0.4 is 0 Å². The predicted octanol–water partition coefficient (Wildman–Crippen LogP) is 4.25. The standard InChI is InChI=1S/C26H23Br2NO5/c27-23-17-12-18(24(23)28)22-21(17)25(32)29(26(22)33)11-10-20(31)34-13-19(30)16-8-6-15(7-9-16)14-4-2-1-3-5-14/h1-9,17-18,21-24H,10-13H2/t17-,18-,21-,22+,23-,24+/m0/s1. The number of Topliss-reactive ketones (excluding diaryl/α,β-unsaturated/α-hetero) is 1. The summed E-state index contributed by atoms with van der Waals surface area (Å²) in [6, 6.07) is 16.9. The molecule has 6 atom stereocenters. The van der Waals surface area contributed by atoms with Gasteiger partial charge in [0, 0.05) is 21.8 Å². The minimum Gasteiger partial charge on any atom is -0.457 e. The van der Waals surface area contributed by atoms with Crippen molar-refractivity contribution in [3.8, 4) is 11.1 Å². The first-order chi connectivity index (χ1) is 16.4. The van der Waals surface area contributed by atoms with Crippen LogP contribution in [0.4, 0.5) is 0 Å². The van der Waals surface area contributed by atoms with E-state index >= 15 is 0 Å². The van der Waals surface area contributed by atoms with Gasteiger partial charge in [0.05, 0.1) is 18.3 Å². The van der Waals surface area contributed by atoms with E-state index in [4.69, 9.17) is 4.74 Å². The summed E-state index contributed by atoms with van der Waals surface area (Å²) < 4.78 is 5.13. The minimum absolute atomic E-state index is 0.0111. The van der Waals surface area contributed by atoms with Crippen molar-refractivity contribution in [3.05, 3.63) is 60.2 Å². The molecule has 0 aromatic heterocycles. The summed E-state index contributed by atoms with van der Waals surface area (Å²) in [6.45, 7) is -0.389. The van der Waals surface area contributed by atoms with Crippen LogP contribution in [0.5, 0.6) is 0 Å². The number of amides is 2. The zero-order chi connectivity index (χ0) is 24.0. The Kier molecular flexibility index (Phi) is 6.46. The van der Waals surface area contributed by atoms with Crippen molar-refractivity contribution in [2.75, 3.05) is 13.2 Å². The number of nitrogens with zero attached hydrogens (tertiary/aromatic N) is 1. The van der Waals surface area contributed by atoms with Crippen molar-refractivity contribution in [3.63, 3.8) is 0 Å². The van der Waals surface area contributed by atoms with Gasteiger partial charge in [-0.25, -0.2) is 0 Å². The lowest BCUT2D eigenvalue weighted by molar-refractivity contribution is -0.145. The Labute approximate surface area is 214 Å². The molecule has 0 radical (unpaired) electrons. The van der Waals surface area contributed by atoms with E-state index in [2.05, 4.69) is 31.9 Å². The van der Waals surface area contributed by atoms with E-state index in [1.165, 1.54) is 4.90 Å². The molecule has 2 aromatic carbocycles. The number of likely N-dealkylation sites (tertiary alicyclic amines) is 1. The molecule has 1 saturated heterocycles. The van der Waals surface area contributed by atoms with Gasteiger partial charge >= 0.3 is 5.97 Å². The average molecular weight is 589 g/mol. The Bertz CT molecular complexity index is 1100. The van der Waals surface area contributed by atoms with Crippen molar-refractivity contribution in [1.29, 1.82) is 0 Å². The molecule has 5 rings (SSSR count). The number of ether oxygens (including phenoxy) is 1. The number of hydrogen-bond donors (Lipinski definition) is 0. The zero-order valence-electron chi connectivity index (χ0n) is 18.2. The maximum atomic E-state index is 12.9. The van der Waals surface area contributed by atoms with E-state index in [0.29, 0.717) is 5.56 Å². The number of esters is 1. The average Bonchev–Trinajstić information content (AvgIpc) is 3.47. The van der Waals surface area contributed by atoms with Gasteiger partial charge in [-0.1, -0.05) is 86.5 Å². The Morgan fingerprint density at radius 1 is 0.853 bits per heavy atom. The van der Waals surface area contributed by atoms with Crippen molar-refractivity contribution >= 4 is 55.4 Å². The van der Waals surface area contributed by atoms with Crippen molar-refractivity contribution in [1.82, 2.24) is 4.90 Å².